The normalized spacial score (nSPS) is 13.2. The third-order valence-corrected chi connectivity index (χ3v) is 7.98. The number of hydrogen-bond acceptors (Lipinski definition) is 5. The number of carbonyl (C=O) groups excluding carboxylic acids is 3. The van der Waals surface area contributed by atoms with Crippen molar-refractivity contribution in [3.63, 3.8) is 0 Å². The molecule has 0 heterocycles. The minimum Gasteiger partial charge on any atom is -0.508 e. The fourth-order valence-electron chi connectivity index (χ4n) is 5.28. The van der Waals surface area contributed by atoms with Crippen LogP contribution in [-0.4, -0.2) is 45.6 Å². The summed E-state index contributed by atoms with van der Waals surface area (Å²) in [5.74, 6) is 2.07. The molecule has 8 nitrogen and oxygen atoms in total. The van der Waals surface area contributed by atoms with Crippen LogP contribution in [0.25, 0.3) is 0 Å². The van der Waals surface area contributed by atoms with Gasteiger partial charge in [0.15, 0.2) is 0 Å². The zero-order chi connectivity index (χ0) is 34.9. The molecule has 3 aromatic rings. The molecule has 3 amide bonds. The van der Waals surface area contributed by atoms with Gasteiger partial charge in [-0.15, -0.1) is 6.42 Å². The first-order valence-electron chi connectivity index (χ1n) is 15.8. The van der Waals surface area contributed by atoms with Crippen molar-refractivity contribution in [2.75, 3.05) is 5.32 Å². The summed E-state index contributed by atoms with van der Waals surface area (Å²) in [6.45, 7) is 13.1. The lowest BCUT2D eigenvalue weighted by molar-refractivity contribution is -0.143. The fourth-order valence-corrected chi connectivity index (χ4v) is 5.55. The Morgan fingerprint density at radius 3 is 2.23 bits per heavy atom. The molecule has 0 aliphatic heterocycles. The second kappa shape index (κ2) is 16.4. The van der Waals surface area contributed by atoms with Gasteiger partial charge in [0.2, 0.25) is 5.91 Å². The second-order valence-electron chi connectivity index (χ2n) is 13.2. The van der Waals surface area contributed by atoms with E-state index in [0.29, 0.717) is 39.7 Å². The molecule has 0 aliphatic carbocycles. The number of halogens is 1. The first-order chi connectivity index (χ1) is 22.1. The summed E-state index contributed by atoms with van der Waals surface area (Å²) in [6, 6.07) is 15.9. The van der Waals surface area contributed by atoms with Crippen LogP contribution in [0.4, 0.5) is 10.5 Å². The molecule has 0 saturated carbocycles. The van der Waals surface area contributed by atoms with Gasteiger partial charge in [-0.1, -0.05) is 73.8 Å². The van der Waals surface area contributed by atoms with Gasteiger partial charge in [-0.05, 0) is 94.3 Å². The highest BCUT2D eigenvalue weighted by Crippen LogP contribution is 2.33. The zero-order valence-electron chi connectivity index (χ0n) is 28.3. The first kappa shape index (κ1) is 37.0. The monoisotopic (exact) mass is 659 g/mol. The maximum atomic E-state index is 15.0. The van der Waals surface area contributed by atoms with Gasteiger partial charge in [0, 0.05) is 18.0 Å². The maximum absolute atomic E-state index is 15.0. The van der Waals surface area contributed by atoms with Gasteiger partial charge in [0.25, 0.3) is 5.91 Å². The summed E-state index contributed by atoms with van der Waals surface area (Å²) >= 11 is 6.53. The van der Waals surface area contributed by atoms with Crippen molar-refractivity contribution < 1.29 is 24.2 Å². The Morgan fingerprint density at radius 1 is 0.979 bits per heavy atom. The number of rotatable bonds is 12. The number of aryl methyl sites for hydroxylation is 1. The lowest BCUT2D eigenvalue weighted by Gasteiger charge is -2.39. The van der Waals surface area contributed by atoms with Crippen molar-refractivity contribution in [3.05, 3.63) is 94.0 Å². The number of aromatic hydroxyl groups is 1. The van der Waals surface area contributed by atoms with E-state index in [-0.39, 0.29) is 12.2 Å². The number of phenols is 1. The Hall–Kier alpha value is -4.48. The van der Waals surface area contributed by atoms with Gasteiger partial charge in [-0.25, -0.2) is 4.79 Å². The van der Waals surface area contributed by atoms with Crippen LogP contribution in [0.15, 0.2) is 66.7 Å². The standard InChI is InChI=1S/C38H46ClN3O5/c1-9-28-14-10-11-15-30(28)34(35(44)41-33-25(4)13-12-16-31(33)39)42(26(5)18-17-24(2)3)36(45)32(40-37(46)47-38(6,7)8)23-27-19-21-29(43)22-20-27/h1,10-16,19-22,24,26,32,34,43H,17-18,23H2,2-8H3,(H,40,46)(H,41,44). The number of anilines is 1. The number of amides is 3. The minimum absolute atomic E-state index is 0.0677. The molecule has 0 bridgehead atoms. The molecule has 0 radical (unpaired) electrons. The van der Waals surface area contributed by atoms with E-state index in [1.807, 2.05) is 19.9 Å². The van der Waals surface area contributed by atoms with Crippen molar-refractivity contribution in [1.82, 2.24) is 10.2 Å². The summed E-state index contributed by atoms with van der Waals surface area (Å²) in [7, 11) is 0. The third-order valence-electron chi connectivity index (χ3n) is 7.66. The average Bonchev–Trinajstić information content (AvgIpc) is 3.00. The molecule has 3 rings (SSSR count). The fraction of sp³-hybridized carbons (Fsp3) is 0.395. The van der Waals surface area contributed by atoms with Gasteiger partial charge in [0.1, 0.15) is 23.4 Å². The van der Waals surface area contributed by atoms with E-state index in [9.17, 15) is 19.5 Å². The third kappa shape index (κ3) is 10.5. The number of benzene rings is 3. The molecule has 3 aromatic carbocycles. The van der Waals surface area contributed by atoms with E-state index in [1.54, 1.807) is 69.3 Å². The molecule has 3 atom stereocenters. The van der Waals surface area contributed by atoms with Gasteiger partial charge >= 0.3 is 6.09 Å². The highest BCUT2D eigenvalue weighted by Gasteiger charge is 2.40. The van der Waals surface area contributed by atoms with E-state index in [2.05, 4.69) is 30.4 Å². The SMILES string of the molecule is C#Cc1ccccc1C(C(=O)Nc1c(C)cccc1Cl)N(C(=O)C(Cc1ccc(O)cc1)NC(=O)OC(C)(C)C)C(C)CCC(C)C. The molecule has 0 aromatic heterocycles. The van der Waals surface area contributed by atoms with Crippen molar-refractivity contribution in [2.24, 2.45) is 5.92 Å². The Kier molecular flexibility index (Phi) is 12.9. The van der Waals surface area contributed by atoms with E-state index in [0.717, 1.165) is 12.0 Å². The summed E-state index contributed by atoms with van der Waals surface area (Å²) in [5.41, 5.74) is 1.95. The van der Waals surface area contributed by atoms with Crippen LogP contribution in [0.5, 0.6) is 5.75 Å². The number of phenolic OH excluding ortho intramolecular Hbond substituents is 1. The molecule has 0 fully saturated rings. The lowest BCUT2D eigenvalue weighted by Crippen LogP contribution is -2.55. The highest BCUT2D eigenvalue weighted by molar-refractivity contribution is 6.34. The number of hydrogen-bond donors (Lipinski definition) is 3. The van der Waals surface area contributed by atoms with Crippen LogP contribution in [-0.2, 0) is 20.7 Å². The van der Waals surface area contributed by atoms with Crippen LogP contribution in [0, 0.1) is 25.2 Å². The summed E-state index contributed by atoms with van der Waals surface area (Å²) in [5, 5.41) is 16.0. The number of carbonyl (C=O) groups is 3. The quantitative estimate of drug-likeness (QED) is 0.172. The minimum atomic E-state index is -1.18. The highest BCUT2D eigenvalue weighted by atomic mass is 35.5. The zero-order valence-corrected chi connectivity index (χ0v) is 29.0. The van der Waals surface area contributed by atoms with Gasteiger partial charge in [-0.2, -0.15) is 0 Å². The number of terminal acetylenes is 1. The molecule has 0 aliphatic rings. The molecule has 47 heavy (non-hydrogen) atoms. The molecule has 0 spiro atoms. The van der Waals surface area contributed by atoms with Gasteiger partial charge < -0.3 is 25.4 Å². The number of ether oxygens (including phenoxy) is 1. The van der Waals surface area contributed by atoms with E-state index in [4.69, 9.17) is 22.8 Å². The number of nitrogens with one attached hydrogen (secondary N) is 2. The van der Waals surface area contributed by atoms with Crippen LogP contribution >= 0.6 is 11.6 Å². The van der Waals surface area contributed by atoms with E-state index >= 15 is 0 Å². The average molecular weight is 660 g/mol. The molecular formula is C38H46ClN3O5. The van der Waals surface area contributed by atoms with Crippen molar-refractivity contribution >= 4 is 35.2 Å². The van der Waals surface area contributed by atoms with Crippen LogP contribution in [0.1, 0.15) is 82.7 Å². The number of alkyl carbamates (subject to hydrolysis) is 1. The predicted octanol–water partition coefficient (Wildman–Crippen LogP) is 7.80. The summed E-state index contributed by atoms with van der Waals surface area (Å²) < 4.78 is 5.55. The Bertz CT molecular complexity index is 1570. The molecule has 250 valence electrons. The second-order valence-corrected chi connectivity index (χ2v) is 13.6. The topological polar surface area (TPSA) is 108 Å². The van der Waals surface area contributed by atoms with Crippen molar-refractivity contribution in [1.29, 1.82) is 0 Å². The van der Waals surface area contributed by atoms with Crippen molar-refractivity contribution in [2.45, 2.75) is 91.5 Å². The van der Waals surface area contributed by atoms with Crippen molar-refractivity contribution in [3.8, 4) is 18.1 Å². The Balaban J connectivity index is 2.21. The predicted molar refractivity (Wildman–Crippen MR) is 187 cm³/mol. The Labute approximate surface area is 283 Å². The molecule has 9 heteroatoms. The van der Waals surface area contributed by atoms with Crippen LogP contribution < -0.4 is 10.6 Å². The largest absolute Gasteiger partial charge is 0.508 e. The van der Waals surface area contributed by atoms with Gasteiger partial charge in [-0.3, -0.25) is 9.59 Å². The van der Waals surface area contributed by atoms with Crippen LogP contribution in [0.2, 0.25) is 5.02 Å². The molecule has 0 saturated heterocycles. The van der Waals surface area contributed by atoms with Crippen LogP contribution in [0.3, 0.4) is 0 Å². The summed E-state index contributed by atoms with van der Waals surface area (Å²) in [4.78, 5) is 44.2. The molecular weight excluding hydrogens is 614 g/mol. The van der Waals surface area contributed by atoms with E-state index < -0.39 is 41.6 Å². The number of nitrogens with zero attached hydrogens (tertiary/aromatic N) is 1. The smallest absolute Gasteiger partial charge is 0.408 e. The first-order valence-corrected chi connectivity index (χ1v) is 16.2. The number of para-hydroxylation sites is 1. The molecule has 3 N–H and O–H groups in total. The lowest BCUT2D eigenvalue weighted by atomic mass is 9.93. The Morgan fingerprint density at radius 2 is 1.64 bits per heavy atom. The van der Waals surface area contributed by atoms with Gasteiger partial charge in [0.05, 0.1) is 10.7 Å². The maximum Gasteiger partial charge on any atom is 0.408 e. The van der Waals surface area contributed by atoms with E-state index in [1.165, 1.54) is 17.0 Å². The molecule has 3 unspecified atom stereocenters. The summed E-state index contributed by atoms with van der Waals surface area (Å²) in [6.07, 6.45) is 6.59.